The monoisotopic (exact) mass is 256 g/mol. The number of methoxy groups -OCH3 is 1. The lowest BCUT2D eigenvalue weighted by molar-refractivity contribution is -0.141. The molecule has 6 heteroatoms. The average molecular weight is 257 g/mol. The third kappa shape index (κ3) is 3.42. The van der Waals surface area contributed by atoms with Crippen LogP contribution in [0.15, 0.2) is 18.5 Å². The van der Waals surface area contributed by atoms with Crippen LogP contribution in [-0.4, -0.2) is 42.0 Å². The first-order valence-corrected chi connectivity index (χ1v) is 5.43. The maximum Gasteiger partial charge on any atom is 0.325 e. The topological polar surface area (TPSA) is 59.5 Å². The summed E-state index contributed by atoms with van der Waals surface area (Å²) < 4.78 is 4.52. The lowest BCUT2D eigenvalue weighted by Crippen LogP contribution is -2.36. The van der Waals surface area contributed by atoms with Crippen LogP contribution in [0.3, 0.4) is 0 Å². The number of likely N-dealkylation sites (N-methyl/N-ethyl adjacent to an activating group) is 1. The highest BCUT2D eigenvalue weighted by atomic mass is 35.5. The fraction of sp³-hybridized carbons (Fsp3) is 0.364. The van der Waals surface area contributed by atoms with E-state index in [0.29, 0.717) is 12.1 Å². The summed E-state index contributed by atoms with van der Waals surface area (Å²) in [5.41, 5.74) is 0.326. The lowest BCUT2D eigenvalue weighted by atomic mass is 10.2. The first-order chi connectivity index (χ1) is 8.10. The molecular weight excluding hydrogens is 244 g/mol. The van der Waals surface area contributed by atoms with Crippen molar-refractivity contribution in [1.29, 1.82) is 0 Å². The minimum absolute atomic E-state index is 0.0928. The largest absolute Gasteiger partial charge is 0.468 e. The molecule has 17 heavy (non-hydrogen) atoms. The number of pyridine rings is 1. The summed E-state index contributed by atoms with van der Waals surface area (Å²) in [4.78, 5) is 28.3. The summed E-state index contributed by atoms with van der Waals surface area (Å²) in [6, 6.07) is 1.52. The van der Waals surface area contributed by atoms with Crippen molar-refractivity contribution < 1.29 is 14.3 Å². The fourth-order valence-electron chi connectivity index (χ4n) is 1.27. The number of nitrogens with zero attached hydrogens (tertiary/aromatic N) is 2. The maximum atomic E-state index is 12.1. The van der Waals surface area contributed by atoms with Gasteiger partial charge in [0.2, 0.25) is 0 Å². The van der Waals surface area contributed by atoms with Crippen molar-refractivity contribution in [2.45, 2.75) is 6.92 Å². The lowest BCUT2D eigenvalue weighted by Gasteiger charge is -2.19. The molecule has 0 saturated heterocycles. The zero-order chi connectivity index (χ0) is 12.8. The Bertz CT molecular complexity index is 423. The molecule has 0 fully saturated rings. The van der Waals surface area contributed by atoms with Gasteiger partial charge in [0.15, 0.2) is 0 Å². The Morgan fingerprint density at radius 1 is 1.53 bits per heavy atom. The number of rotatable bonds is 4. The number of hydrogen-bond acceptors (Lipinski definition) is 4. The van der Waals surface area contributed by atoms with Crippen molar-refractivity contribution in [2.24, 2.45) is 0 Å². The van der Waals surface area contributed by atoms with Gasteiger partial charge in [0.1, 0.15) is 6.54 Å². The van der Waals surface area contributed by atoms with Crippen LogP contribution < -0.4 is 0 Å². The van der Waals surface area contributed by atoms with Crippen LogP contribution in [0, 0.1) is 0 Å². The Labute approximate surface area is 104 Å². The summed E-state index contributed by atoms with van der Waals surface area (Å²) in [6.45, 7) is 2.08. The SMILES string of the molecule is CCN(CC(=O)OC)C(=O)c1ccncc1Cl. The maximum absolute atomic E-state index is 12.1. The van der Waals surface area contributed by atoms with E-state index >= 15 is 0 Å². The first-order valence-electron chi connectivity index (χ1n) is 5.05. The number of carbonyl (C=O) groups excluding carboxylic acids is 2. The van der Waals surface area contributed by atoms with Gasteiger partial charge in [-0.1, -0.05) is 11.6 Å². The first kappa shape index (κ1) is 13.4. The Kier molecular flexibility index (Phi) is 4.90. The van der Waals surface area contributed by atoms with Crippen LogP contribution in [0.5, 0.6) is 0 Å². The highest BCUT2D eigenvalue weighted by Gasteiger charge is 2.19. The van der Waals surface area contributed by atoms with Gasteiger partial charge in [-0.15, -0.1) is 0 Å². The number of halogens is 1. The molecule has 1 aromatic rings. The molecule has 92 valence electrons. The molecule has 0 N–H and O–H groups in total. The minimum atomic E-state index is -0.467. The molecule has 0 aliphatic carbocycles. The molecule has 1 rings (SSSR count). The van der Waals surface area contributed by atoms with Crippen LogP contribution in [0.2, 0.25) is 5.02 Å². The molecule has 0 spiro atoms. The van der Waals surface area contributed by atoms with Crippen molar-refractivity contribution >= 4 is 23.5 Å². The van der Waals surface area contributed by atoms with E-state index in [1.807, 2.05) is 0 Å². The highest BCUT2D eigenvalue weighted by molar-refractivity contribution is 6.33. The number of aromatic nitrogens is 1. The van der Waals surface area contributed by atoms with Crippen molar-refractivity contribution in [1.82, 2.24) is 9.88 Å². The van der Waals surface area contributed by atoms with Crippen LogP contribution in [0.25, 0.3) is 0 Å². The van der Waals surface area contributed by atoms with E-state index < -0.39 is 5.97 Å². The molecule has 0 radical (unpaired) electrons. The van der Waals surface area contributed by atoms with Crippen molar-refractivity contribution in [3.8, 4) is 0 Å². The molecule has 1 aromatic heterocycles. The fourth-order valence-corrected chi connectivity index (χ4v) is 1.47. The van der Waals surface area contributed by atoms with Gasteiger partial charge in [-0.05, 0) is 13.0 Å². The number of amides is 1. The Balaban J connectivity index is 2.87. The predicted octanol–water partition coefficient (Wildman–Crippen LogP) is 1.37. The van der Waals surface area contributed by atoms with Crippen LogP contribution in [-0.2, 0) is 9.53 Å². The Morgan fingerprint density at radius 2 is 2.24 bits per heavy atom. The zero-order valence-electron chi connectivity index (χ0n) is 9.64. The number of esters is 1. The Morgan fingerprint density at radius 3 is 2.76 bits per heavy atom. The molecule has 0 aliphatic heterocycles. The molecule has 0 atom stereocenters. The van der Waals surface area contributed by atoms with E-state index in [1.165, 1.54) is 30.5 Å². The molecule has 0 saturated carbocycles. The average Bonchev–Trinajstić information content (AvgIpc) is 2.35. The van der Waals surface area contributed by atoms with E-state index in [-0.39, 0.29) is 17.5 Å². The molecule has 1 heterocycles. The molecule has 0 unspecified atom stereocenters. The summed E-state index contributed by atoms with van der Waals surface area (Å²) in [6.07, 6.45) is 2.87. The molecule has 1 amide bonds. The van der Waals surface area contributed by atoms with Crippen LogP contribution in [0.1, 0.15) is 17.3 Å². The number of hydrogen-bond donors (Lipinski definition) is 0. The van der Waals surface area contributed by atoms with Gasteiger partial charge in [0, 0.05) is 18.9 Å². The second-order valence-corrected chi connectivity index (χ2v) is 3.66. The molecular formula is C11H13ClN2O3. The van der Waals surface area contributed by atoms with Crippen molar-refractivity contribution in [3.63, 3.8) is 0 Å². The third-order valence-corrected chi connectivity index (χ3v) is 2.52. The second kappa shape index (κ2) is 6.20. The summed E-state index contributed by atoms with van der Waals surface area (Å²) in [5, 5.41) is 0.265. The quantitative estimate of drug-likeness (QED) is 0.764. The van der Waals surface area contributed by atoms with E-state index in [2.05, 4.69) is 9.72 Å². The normalized spacial score (nSPS) is 9.82. The van der Waals surface area contributed by atoms with Gasteiger partial charge in [-0.2, -0.15) is 0 Å². The van der Waals surface area contributed by atoms with E-state index in [0.717, 1.165) is 0 Å². The number of carbonyl (C=O) groups is 2. The van der Waals surface area contributed by atoms with Gasteiger partial charge in [0.25, 0.3) is 5.91 Å². The minimum Gasteiger partial charge on any atom is -0.468 e. The van der Waals surface area contributed by atoms with E-state index in [9.17, 15) is 9.59 Å². The van der Waals surface area contributed by atoms with Gasteiger partial charge in [-0.3, -0.25) is 14.6 Å². The standard InChI is InChI=1S/C11H13ClN2O3/c1-3-14(7-10(15)17-2)11(16)8-4-5-13-6-9(8)12/h4-6H,3,7H2,1-2H3. The van der Waals surface area contributed by atoms with Crippen molar-refractivity contribution in [2.75, 3.05) is 20.2 Å². The summed E-state index contributed by atoms with van der Waals surface area (Å²) >= 11 is 5.86. The summed E-state index contributed by atoms with van der Waals surface area (Å²) in [7, 11) is 1.28. The zero-order valence-corrected chi connectivity index (χ0v) is 10.4. The molecule has 5 nitrogen and oxygen atoms in total. The highest BCUT2D eigenvalue weighted by Crippen LogP contribution is 2.15. The number of ether oxygens (including phenoxy) is 1. The van der Waals surface area contributed by atoms with Gasteiger partial charge in [-0.25, -0.2) is 0 Å². The summed E-state index contributed by atoms with van der Waals surface area (Å²) in [5.74, 6) is -0.782. The van der Waals surface area contributed by atoms with Crippen molar-refractivity contribution in [3.05, 3.63) is 29.0 Å². The van der Waals surface area contributed by atoms with Crippen LogP contribution >= 0.6 is 11.6 Å². The third-order valence-electron chi connectivity index (χ3n) is 2.22. The molecule has 0 aromatic carbocycles. The Hall–Kier alpha value is -1.62. The smallest absolute Gasteiger partial charge is 0.325 e. The second-order valence-electron chi connectivity index (χ2n) is 3.25. The van der Waals surface area contributed by atoms with E-state index in [1.54, 1.807) is 6.92 Å². The van der Waals surface area contributed by atoms with Gasteiger partial charge < -0.3 is 9.64 Å². The van der Waals surface area contributed by atoms with Gasteiger partial charge in [0.05, 0.1) is 17.7 Å². The van der Waals surface area contributed by atoms with E-state index in [4.69, 9.17) is 11.6 Å². The molecule has 0 bridgehead atoms. The van der Waals surface area contributed by atoms with Gasteiger partial charge >= 0.3 is 5.97 Å². The van der Waals surface area contributed by atoms with Crippen LogP contribution in [0.4, 0.5) is 0 Å². The predicted molar refractivity (Wildman–Crippen MR) is 62.8 cm³/mol. The molecule has 0 aliphatic rings.